The van der Waals surface area contributed by atoms with Crippen molar-refractivity contribution in [3.63, 3.8) is 0 Å². The Bertz CT molecular complexity index is 323. The van der Waals surface area contributed by atoms with Gasteiger partial charge < -0.3 is 20.1 Å². The smallest absolute Gasteiger partial charge is 0.410 e. The summed E-state index contributed by atoms with van der Waals surface area (Å²) < 4.78 is 5.35. The molecule has 5 heteroatoms. The zero-order valence-corrected chi connectivity index (χ0v) is 12.2. The first-order chi connectivity index (χ1) is 8.85. The molecule has 0 aromatic rings. The van der Waals surface area contributed by atoms with Gasteiger partial charge >= 0.3 is 6.09 Å². The molecular formula is C14H26N2O3. The van der Waals surface area contributed by atoms with E-state index in [1.807, 2.05) is 20.8 Å². The van der Waals surface area contributed by atoms with Gasteiger partial charge in [0, 0.05) is 25.7 Å². The molecule has 0 bridgehead atoms. The molecule has 2 unspecified atom stereocenters. The van der Waals surface area contributed by atoms with Gasteiger partial charge in [0.2, 0.25) is 0 Å². The molecule has 2 atom stereocenters. The van der Waals surface area contributed by atoms with Crippen LogP contribution in [0.5, 0.6) is 0 Å². The maximum absolute atomic E-state index is 11.9. The van der Waals surface area contributed by atoms with E-state index in [-0.39, 0.29) is 18.2 Å². The van der Waals surface area contributed by atoms with Crippen LogP contribution in [0.1, 0.15) is 40.0 Å². The summed E-state index contributed by atoms with van der Waals surface area (Å²) in [5.41, 5.74) is -0.440. The summed E-state index contributed by atoms with van der Waals surface area (Å²) in [6.45, 7) is 7.67. The molecule has 0 aromatic heterocycles. The minimum Gasteiger partial charge on any atom is -0.444 e. The van der Waals surface area contributed by atoms with Gasteiger partial charge in [-0.3, -0.25) is 0 Å². The minimum absolute atomic E-state index is 0.226. The quantitative estimate of drug-likeness (QED) is 0.809. The van der Waals surface area contributed by atoms with Crippen molar-refractivity contribution in [2.75, 3.05) is 19.6 Å². The Balaban J connectivity index is 1.68. The molecule has 1 heterocycles. The number of aliphatic hydroxyl groups is 1. The van der Waals surface area contributed by atoms with Crippen LogP contribution >= 0.6 is 0 Å². The third-order valence-electron chi connectivity index (χ3n) is 3.62. The number of hydrogen-bond acceptors (Lipinski definition) is 4. The van der Waals surface area contributed by atoms with Crippen LogP contribution in [0.15, 0.2) is 0 Å². The van der Waals surface area contributed by atoms with Crippen LogP contribution in [0.3, 0.4) is 0 Å². The summed E-state index contributed by atoms with van der Waals surface area (Å²) in [6, 6.07) is 0.279. The van der Waals surface area contributed by atoms with Crippen molar-refractivity contribution in [1.29, 1.82) is 0 Å². The van der Waals surface area contributed by atoms with Gasteiger partial charge in [-0.05, 0) is 46.0 Å². The molecule has 2 fully saturated rings. The summed E-state index contributed by atoms with van der Waals surface area (Å²) in [4.78, 5) is 13.6. The highest BCUT2D eigenvalue weighted by Gasteiger charge is 2.32. The summed E-state index contributed by atoms with van der Waals surface area (Å²) >= 11 is 0. The Morgan fingerprint density at radius 2 is 2.11 bits per heavy atom. The van der Waals surface area contributed by atoms with Gasteiger partial charge in [-0.15, -0.1) is 0 Å². The second kappa shape index (κ2) is 5.67. The monoisotopic (exact) mass is 270 g/mol. The average Bonchev–Trinajstić information content (AvgIpc) is 3.03. The largest absolute Gasteiger partial charge is 0.444 e. The molecule has 0 spiro atoms. The van der Waals surface area contributed by atoms with E-state index in [1.54, 1.807) is 4.90 Å². The van der Waals surface area contributed by atoms with Crippen molar-refractivity contribution >= 4 is 6.09 Å². The van der Waals surface area contributed by atoms with Crippen molar-refractivity contribution in [2.24, 2.45) is 5.92 Å². The lowest BCUT2D eigenvalue weighted by molar-refractivity contribution is 0.0290. The van der Waals surface area contributed by atoms with E-state index >= 15 is 0 Å². The van der Waals surface area contributed by atoms with E-state index in [0.29, 0.717) is 19.0 Å². The Hall–Kier alpha value is -0.810. The normalized spacial score (nSPS) is 25.5. The SMILES string of the molecule is CC(C)(C)OC(=O)N1CCC(NCC(O)C2CC2)C1. The molecule has 1 saturated carbocycles. The number of likely N-dealkylation sites (tertiary alicyclic amines) is 1. The van der Waals surface area contributed by atoms with Gasteiger partial charge in [0.1, 0.15) is 5.60 Å². The second-order valence-corrected chi connectivity index (χ2v) is 6.72. The number of amides is 1. The molecule has 2 N–H and O–H groups in total. The number of nitrogens with one attached hydrogen (secondary N) is 1. The summed E-state index contributed by atoms with van der Waals surface area (Å²) in [5.74, 6) is 0.496. The fourth-order valence-corrected chi connectivity index (χ4v) is 2.35. The Labute approximate surface area is 115 Å². The standard InChI is InChI=1S/C14H26N2O3/c1-14(2,3)19-13(18)16-7-6-11(9-16)15-8-12(17)10-4-5-10/h10-12,15,17H,4-9H2,1-3H3. The molecule has 19 heavy (non-hydrogen) atoms. The first-order valence-electron chi connectivity index (χ1n) is 7.24. The molecule has 0 aromatic carbocycles. The molecule has 2 rings (SSSR count). The van der Waals surface area contributed by atoms with Crippen molar-refractivity contribution in [1.82, 2.24) is 10.2 Å². The van der Waals surface area contributed by atoms with Crippen molar-refractivity contribution in [2.45, 2.75) is 57.8 Å². The predicted molar refractivity (Wildman–Crippen MR) is 72.9 cm³/mol. The lowest BCUT2D eigenvalue weighted by atomic mass is 10.2. The van der Waals surface area contributed by atoms with Crippen LogP contribution in [0.4, 0.5) is 4.79 Å². The molecule has 1 amide bonds. The topological polar surface area (TPSA) is 61.8 Å². The fraction of sp³-hybridized carbons (Fsp3) is 0.929. The Kier molecular flexibility index (Phi) is 4.36. The zero-order valence-electron chi connectivity index (χ0n) is 12.2. The maximum atomic E-state index is 11.9. The minimum atomic E-state index is -0.440. The Morgan fingerprint density at radius 1 is 1.42 bits per heavy atom. The number of rotatable bonds is 4. The van der Waals surface area contributed by atoms with Crippen LogP contribution < -0.4 is 5.32 Å². The molecule has 5 nitrogen and oxygen atoms in total. The van der Waals surface area contributed by atoms with Crippen LogP contribution in [0.25, 0.3) is 0 Å². The van der Waals surface area contributed by atoms with E-state index in [4.69, 9.17) is 4.74 Å². The molecule has 2 aliphatic rings. The van der Waals surface area contributed by atoms with Gasteiger partial charge in [-0.2, -0.15) is 0 Å². The first kappa shape index (κ1) is 14.6. The van der Waals surface area contributed by atoms with Crippen molar-refractivity contribution in [3.8, 4) is 0 Å². The third kappa shape index (κ3) is 4.66. The lowest BCUT2D eigenvalue weighted by Gasteiger charge is -2.24. The van der Waals surface area contributed by atoms with E-state index in [1.165, 1.54) is 0 Å². The van der Waals surface area contributed by atoms with Crippen LogP contribution in [0, 0.1) is 5.92 Å². The fourth-order valence-electron chi connectivity index (χ4n) is 2.35. The molecular weight excluding hydrogens is 244 g/mol. The predicted octanol–water partition coefficient (Wildman–Crippen LogP) is 1.36. The van der Waals surface area contributed by atoms with Crippen molar-refractivity contribution < 1.29 is 14.6 Å². The Morgan fingerprint density at radius 3 is 2.68 bits per heavy atom. The van der Waals surface area contributed by atoms with Crippen LogP contribution in [0.2, 0.25) is 0 Å². The summed E-state index contributed by atoms with van der Waals surface area (Å²) in [5, 5.41) is 13.2. The number of nitrogens with zero attached hydrogens (tertiary/aromatic N) is 1. The van der Waals surface area contributed by atoms with Crippen LogP contribution in [-0.4, -0.2) is 53.5 Å². The van der Waals surface area contributed by atoms with E-state index in [2.05, 4.69) is 5.32 Å². The molecule has 0 radical (unpaired) electrons. The van der Waals surface area contributed by atoms with E-state index in [0.717, 1.165) is 25.8 Å². The van der Waals surface area contributed by atoms with Gasteiger partial charge in [-0.25, -0.2) is 4.79 Å². The number of ether oxygens (including phenoxy) is 1. The summed E-state index contributed by atoms with van der Waals surface area (Å²) in [6.07, 6.45) is 2.77. The van der Waals surface area contributed by atoms with Crippen molar-refractivity contribution in [3.05, 3.63) is 0 Å². The number of carbonyl (C=O) groups excluding carboxylic acids is 1. The van der Waals surface area contributed by atoms with E-state index in [9.17, 15) is 9.90 Å². The summed E-state index contributed by atoms with van der Waals surface area (Å²) in [7, 11) is 0. The third-order valence-corrected chi connectivity index (χ3v) is 3.62. The lowest BCUT2D eigenvalue weighted by Crippen LogP contribution is -2.40. The molecule has 1 saturated heterocycles. The van der Waals surface area contributed by atoms with Gasteiger partial charge in [0.05, 0.1) is 6.10 Å². The van der Waals surface area contributed by atoms with Gasteiger partial charge in [0.15, 0.2) is 0 Å². The highest BCUT2D eigenvalue weighted by Crippen LogP contribution is 2.32. The molecule has 110 valence electrons. The number of aliphatic hydroxyl groups excluding tert-OH is 1. The highest BCUT2D eigenvalue weighted by molar-refractivity contribution is 5.68. The first-order valence-corrected chi connectivity index (χ1v) is 7.24. The molecule has 1 aliphatic carbocycles. The average molecular weight is 270 g/mol. The van der Waals surface area contributed by atoms with E-state index < -0.39 is 5.60 Å². The maximum Gasteiger partial charge on any atom is 0.410 e. The van der Waals surface area contributed by atoms with Crippen LogP contribution in [-0.2, 0) is 4.74 Å². The van der Waals surface area contributed by atoms with Gasteiger partial charge in [-0.1, -0.05) is 0 Å². The molecule has 1 aliphatic heterocycles. The second-order valence-electron chi connectivity index (χ2n) is 6.72. The number of hydrogen-bond donors (Lipinski definition) is 2. The number of carbonyl (C=O) groups is 1. The van der Waals surface area contributed by atoms with Gasteiger partial charge in [0.25, 0.3) is 0 Å². The highest BCUT2D eigenvalue weighted by atomic mass is 16.6. The zero-order chi connectivity index (χ0) is 14.0.